The van der Waals surface area contributed by atoms with Gasteiger partial charge in [-0.25, -0.2) is 4.79 Å². The molecule has 0 bridgehead atoms. The third kappa shape index (κ3) is 3.68. The number of nitro groups is 1. The highest BCUT2D eigenvalue weighted by Crippen LogP contribution is 2.33. The van der Waals surface area contributed by atoms with Crippen LogP contribution in [0.15, 0.2) is 45.3 Å². The first-order chi connectivity index (χ1) is 9.88. The van der Waals surface area contributed by atoms with Gasteiger partial charge in [0.25, 0.3) is 5.69 Å². The third-order valence-corrected chi connectivity index (χ3v) is 3.75. The van der Waals surface area contributed by atoms with Gasteiger partial charge in [0.2, 0.25) is 0 Å². The molecule has 0 aliphatic rings. The molecule has 0 atom stereocenters. The predicted octanol–water partition coefficient (Wildman–Crippen LogP) is 4.65. The molecule has 2 aromatic carbocycles. The van der Waals surface area contributed by atoms with Gasteiger partial charge in [-0.05, 0) is 52.7 Å². The molecule has 0 aliphatic heterocycles. The van der Waals surface area contributed by atoms with E-state index in [4.69, 9.17) is 4.74 Å². The molecule has 0 N–H and O–H groups in total. The number of hydrogen-bond acceptors (Lipinski definition) is 4. The second kappa shape index (κ2) is 6.36. The van der Waals surface area contributed by atoms with Crippen molar-refractivity contribution in [1.82, 2.24) is 0 Å². The van der Waals surface area contributed by atoms with Crippen molar-refractivity contribution in [3.63, 3.8) is 0 Å². The van der Waals surface area contributed by atoms with Gasteiger partial charge < -0.3 is 4.74 Å². The smallest absolute Gasteiger partial charge is 0.343 e. The zero-order valence-corrected chi connectivity index (χ0v) is 14.0. The summed E-state index contributed by atoms with van der Waals surface area (Å²) in [5.41, 5.74) is 0.953. The molecule has 0 fully saturated rings. The number of nitrogens with zero attached hydrogens (tertiary/aromatic N) is 1. The number of hydrogen-bond donors (Lipinski definition) is 0. The van der Waals surface area contributed by atoms with E-state index in [2.05, 4.69) is 31.9 Å². The van der Waals surface area contributed by atoms with Crippen molar-refractivity contribution in [1.29, 1.82) is 0 Å². The zero-order chi connectivity index (χ0) is 15.6. The summed E-state index contributed by atoms with van der Waals surface area (Å²) in [5, 5.41) is 10.6. The molecule has 108 valence electrons. The average molecular weight is 415 g/mol. The summed E-state index contributed by atoms with van der Waals surface area (Å²) in [4.78, 5) is 22.1. The minimum Gasteiger partial charge on any atom is -0.421 e. The summed E-state index contributed by atoms with van der Waals surface area (Å²) < 4.78 is 6.85. The molecule has 0 spiro atoms. The third-order valence-electron chi connectivity index (χ3n) is 2.70. The van der Waals surface area contributed by atoms with Crippen molar-refractivity contribution in [2.45, 2.75) is 6.92 Å². The van der Waals surface area contributed by atoms with Gasteiger partial charge >= 0.3 is 5.97 Å². The van der Waals surface area contributed by atoms with Crippen LogP contribution in [0.4, 0.5) is 5.69 Å². The fourth-order valence-electron chi connectivity index (χ4n) is 1.69. The summed E-state index contributed by atoms with van der Waals surface area (Å²) in [5.74, 6) is -0.155. The van der Waals surface area contributed by atoms with E-state index in [1.165, 1.54) is 24.3 Å². The first-order valence-corrected chi connectivity index (χ1v) is 7.39. The van der Waals surface area contributed by atoms with Gasteiger partial charge in [-0.15, -0.1) is 0 Å². The van der Waals surface area contributed by atoms with Crippen molar-refractivity contribution in [2.24, 2.45) is 0 Å². The van der Waals surface area contributed by atoms with Crippen LogP contribution in [-0.4, -0.2) is 10.9 Å². The van der Waals surface area contributed by atoms with E-state index in [9.17, 15) is 14.9 Å². The molecular weight excluding hydrogens is 406 g/mol. The maximum absolute atomic E-state index is 12.1. The molecule has 0 heterocycles. The largest absolute Gasteiger partial charge is 0.421 e. The summed E-state index contributed by atoms with van der Waals surface area (Å²) in [7, 11) is 0. The van der Waals surface area contributed by atoms with Gasteiger partial charge in [0.1, 0.15) is 5.75 Å². The van der Waals surface area contributed by atoms with Crippen LogP contribution in [0, 0.1) is 17.0 Å². The molecule has 0 unspecified atom stereocenters. The van der Waals surface area contributed by atoms with Crippen molar-refractivity contribution < 1.29 is 14.5 Å². The van der Waals surface area contributed by atoms with Crippen LogP contribution >= 0.6 is 31.9 Å². The molecular formula is C14H9Br2NO4. The number of benzene rings is 2. The highest BCUT2D eigenvalue weighted by molar-refractivity contribution is 9.11. The Hall–Kier alpha value is -1.73. The number of ether oxygens (including phenoxy) is 1. The molecule has 2 rings (SSSR count). The van der Waals surface area contributed by atoms with Crippen LogP contribution in [0.1, 0.15) is 15.9 Å². The van der Waals surface area contributed by atoms with Gasteiger partial charge in [0.15, 0.2) is 0 Å². The van der Waals surface area contributed by atoms with Gasteiger partial charge in [-0.2, -0.15) is 0 Å². The second-order valence-corrected chi connectivity index (χ2v) is 6.00. The lowest BCUT2D eigenvalue weighted by Gasteiger charge is -2.10. The quantitative estimate of drug-likeness (QED) is 0.317. The van der Waals surface area contributed by atoms with Crippen LogP contribution < -0.4 is 4.74 Å². The molecule has 5 nitrogen and oxygen atoms in total. The normalized spacial score (nSPS) is 10.2. The Morgan fingerprint density at radius 1 is 1.19 bits per heavy atom. The number of halogens is 2. The van der Waals surface area contributed by atoms with E-state index in [1.807, 2.05) is 13.0 Å². The molecule has 0 amide bonds. The van der Waals surface area contributed by atoms with Gasteiger partial charge in [-0.3, -0.25) is 10.1 Å². The van der Waals surface area contributed by atoms with E-state index in [1.54, 1.807) is 6.07 Å². The summed E-state index contributed by atoms with van der Waals surface area (Å²) in [6, 6.07) is 8.85. The lowest BCUT2D eigenvalue weighted by Crippen LogP contribution is -2.09. The first kappa shape index (κ1) is 15.7. The molecule has 0 aliphatic carbocycles. The summed E-state index contributed by atoms with van der Waals surface area (Å²) in [6.45, 7) is 1.81. The number of aryl methyl sites for hydroxylation is 1. The minimum atomic E-state index is -0.573. The number of rotatable bonds is 3. The SMILES string of the molecule is Cc1cc(Br)cc(Br)c1OC(=O)c1ccc([N+](=O)[O-])cc1. The topological polar surface area (TPSA) is 69.4 Å². The number of nitro benzene ring substituents is 1. The Kier molecular flexibility index (Phi) is 4.74. The van der Waals surface area contributed by atoms with E-state index >= 15 is 0 Å². The van der Waals surface area contributed by atoms with Crippen LogP contribution in [-0.2, 0) is 0 Å². The fraction of sp³-hybridized carbons (Fsp3) is 0.0714. The van der Waals surface area contributed by atoms with E-state index in [0.717, 1.165) is 10.0 Å². The van der Waals surface area contributed by atoms with Crippen molar-refractivity contribution in [3.05, 3.63) is 66.6 Å². The number of non-ortho nitro benzene ring substituents is 1. The lowest BCUT2D eigenvalue weighted by molar-refractivity contribution is -0.384. The Morgan fingerprint density at radius 2 is 1.81 bits per heavy atom. The summed E-state index contributed by atoms with van der Waals surface area (Å²) in [6.07, 6.45) is 0. The van der Waals surface area contributed by atoms with Crippen LogP contribution in [0.2, 0.25) is 0 Å². The highest BCUT2D eigenvalue weighted by atomic mass is 79.9. The predicted molar refractivity (Wildman–Crippen MR) is 84.6 cm³/mol. The zero-order valence-electron chi connectivity index (χ0n) is 10.8. The van der Waals surface area contributed by atoms with E-state index < -0.39 is 10.9 Å². The average Bonchev–Trinajstić information content (AvgIpc) is 2.42. The fourth-order valence-corrected chi connectivity index (χ4v) is 3.21. The summed E-state index contributed by atoms with van der Waals surface area (Å²) >= 11 is 6.68. The molecule has 21 heavy (non-hydrogen) atoms. The second-order valence-electron chi connectivity index (χ2n) is 4.23. The number of esters is 1. The van der Waals surface area contributed by atoms with Crippen molar-refractivity contribution in [2.75, 3.05) is 0 Å². The van der Waals surface area contributed by atoms with Gasteiger partial charge in [0.05, 0.1) is 15.0 Å². The lowest BCUT2D eigenvalue weighted by atomic mass is 10.2. The maximum Gasteiger partial charge on any atom is 0.343 e. The van der Waals surface area contributed by atoms with Crippen LogP contribution in [0.3, 0.4) is 0 Å². The Labute approximate surface area is 137 Å². The van der Waals surface area contributed by atoms with E-state index in [0.29, 0.717) is 10.2 Å². The first-order valence-electron chi connectivity index (χ1n) is 5.81. The van der Waals surface area contributed by atoms with Crippen LogP contribution in [0.5, 0.6) is 5.75 Å². The molecule has 0 saturated heterocycles. The van der Waals surface area contributed by atoms with E-state index in [-0.39, 0.29) is 11.3 Å². The molecule has 2 aromatic rings. The molecule has 0 saturated carbocycles. The Bertz CT molecular complexity index is 690. The molecule has 0 radical (unpaired) electrons. The maximum atomic E-state index is 12.1. The molecule has 0 aromatic heterocycles. The highest BCUT2D eigenvalue weighted by Gasteiger charge is 2.15. The standard InChI is InChI=1S/C14H9Br2NO4/c1-8-6-10(15)7-12(16)13(8)21-14(18)9-2-4-11(5-3-9)17(19)20/h2-7H,1H3. The van der Waals surface area contributed by atoms with Crippen molar-refractivity contribution in [3.8, 4) is 5.75 Å². The molecule has 7 heteroatoms. The van der Waals surface area contributed by atoms with Gasteiger partial charge in [0, 0.05) is 16.6 Å². The Balaban J connectivity index is 2.24. The van der Waals surface area contributed by atoms with Gasteiger partial charge in [-0.1, -0.05) is 15.9 Å². The number of carbonyl (C=O) groups is 1. The van der Waals surface area contributed by atoms with Crippen molar-refractivity contribution >= 4 is 43.5 Å². The number of carbonyl (C=O) groups excluding carboxylic acids is 1. The Morgan fingerprint density at radius 3 is 2.33 bits per heavy atom. The van der Waals surface area contributed by atoms with Crippen LogP contribution in [0.25, 0.3) is 0 Å². The minimum absolute atomic E-state index is 0.0763. The monoisotopic (exact) mass is 413 g/mol.